The average molecular weight is 426 g/mol. The largest absolute Gasteiger partial charge is 0.457 e. The highest BCUT2D eigenvalue weighted by Crippen LogP contribution is 2.38. The van der Waals surface area contributed by atoms with E-state index in [1.54, 1.807) is 66.7 Å². The van der Waals surface area contributed by atoms with Gasteiger partial charge >= 0.3 is 5.69 Å². The quantitative estimate of drug-likeness (QED) is 0.228. The molecule has 0 aliphatic rings. The fourth-order valence-electron chi connectivity index (χ4n) is 3.68. The molecule has 0 spiro atoms. The minimum atomic E-state index is -0.529. The van der Waals surface area contributed by atoms with Crippen LogP contribution < -0.4 is 4.74 Å². The molecule has 0 amide bonds. The van der Waals surface area contributed by atoms with Crippen molar-refractivity contribution >= 4 is 44.1 Å². The molecule has 156 valence electrons. The summed E-state index contributed by atoms with van der Waals surface area (Å²) in [5.74, 6) is 0.859. The van der Waals surface area contributed by atoms with Gasteiger partial charge in [-0.25, -0.2) is 0 Å². The minimum Gasteiger partial charge on any atom is -0.457 e. The monoisotopic (exact) mass is 426 g/mol. The van der Waals surface area contributed by atoms with Crippen LogP contribution in [0.3, 0.4) is 0 Å². The molecule has 5 aromatic rings. The highest BCUT2D eigenvalue weighted by atomic mass is 16.6. The number of fused-ring (bicyclic) bond motifs is 7. The zero-order valence-electron chi connectivity index (χ0n) is 16.4. The second kappa shape index (κ2) is 7.51. The molecule has 4 bridgehead atoms. The maximum absolute atomic E-state index is 11.8. The van der Waals surface area contributed by atoms with E-state index < -0.39 is 9.85 Å². The summed E-state index contributed by atoms with van der Waals surface area (Å²) in [7, 11) is 0. The Kier molecular flexibility index (Phi) is 4.52. The minimum absolute atomic E-state index is 0.0377. The number of rotatable bonds is 4. The summed E-state index contributed by atoms with van der Waals surface area (Å²) in [4.78, 5) is 22.4. The number of nitro groups is 2. The van der Waals surface area contributed by atoms with Crippen molar-refractivity contribution in [3.05, 3.63) is 105 Å². The summed E-state index contributed by atoms with van der Waals surface area (Å²) in [6.45, 7) is 0. The maximum atomic E-state index is 11.8. The van der Waals surface area contributed by atoms with E-state index in [1.807, 2.05) is 6.07 Å². The van der Waals surface area contributed by atoms with Gasteiger partial charge in [0.05, 0.1) is 20.6 Å². The second-order valence-corrected chi connectivity index (χ2v) is 7.08. The third kappa shape index (κ3) is 3.29. The zero-order chi connectivity index (χ0) is 22.2. The van der Waals surface area contributed by atoms with Crippen LogP contribution in [-0.4, -0.2) is 9.85 Å². The Bertz CT molecular complexity index is 1560. The third-order valence-electron chi connectivity index (χ3n) is 5.13. The molecular formula is C24H14N2O6. The van der Waals surface area contributed by atoms with E-state index in [-0.39, 0.29) is 22.5 Å². The highest BCUT2D eigenvalue weighted by molar-refractivity contribution is 6.07. The normalized spacial score (nSPS) is 11.0. The van der Waals surface area contributed by atoms with Gasteiger partial charge in [-0.1, -0.05) is 24.3 Å². The molecule has 8 nitrogen and oxygen atoms in total. The van der Waals surface area contributed by atoms with E-state index in [2.05, 4.69) is 0 Å². The molecule has 1 heterocycles. The highest BCUT2D eigenvalue weighted by Gasteiger charge is 2.19. The van der Waals surface area contributed by atoms with Gasteiger partial charge in [0.1, 0.15) is 17.1 Å². The Morgan fingerprint density at radius 3 is 2.09 bits per heavy atom. The van der Waals surface area contributed by atoms with E-state index in [9.17, 15) is 20.2 Å². The fourth-order valence-corrected chi connectivity index (χ4v) is 3.68. The number of benzene rings is 4. The van der Waals surface area contributed by atoms with Crippen molar-refractivity contribution < 1.29 is 19.0 Å². The predicted octanol–water partition coefficient (Wildman–Crippen LogP) is 6.91. The molecule has 0 radical (unpaired) electrons. The molecule has 32 heavy (non-hydrogen) atoms. The summed E-state index contributed by atoms with van der Waals surface area (Å²) >= 11 is 0. The van der Waals surface area contributed by atoms with Crippen LogP contribution in [0.2, 0.25) is 0 Å². The van der Waals surface area contributed by atoms with Crippen LogP contribution in [0.5, 0.6) is 11.5 Å². The summed E-state index contributed by atoms with van der Waals surface area (Å²) in [6.07, 6.45) is 0. The van der Waals surface area contributed by atoms with Crippen molar-refractivity contribution in [1.29, 1.82) is 0 Å². The van der Waals surface area contributed by atoms with Gasteiger partial charge in [-0.3, -0.25) is 20.2 Å². The van der Waals surface area contributed by atoms with Crippen LogP contribution in [-0.2, 0) is 0 Å². The van der Waals surface area contributed by atoms with Crippen molar-refractivity contribution in [2.24, 2.45) is 0 Å². The van der Waals surface area contributed by atoms with Gasteiger partial charge in [0.2, 0.25) is 5.58 Å². The van der Waals surface area contributed by atoms with E-state index in [1.165, 1.54) is 12.1 Å². The first kappa shape index (κ1) is 19.3. The Morgan fingerprint density at radius 2 is 1.38 bits per heavy atom. The van der Waals surface area contributed by atoms with Gasteiger partial charge in [-0.2, -0.15) is 0 Å². The third-order valence-corrected chi connectivity index (χ3v) is 5.13. The number of hydrogen-bond donors (Lipinski definition) is 0. The Balaban J connectivity index is 1.99. The lowest BCUT2D eigenvalue weighted by Gasteiger charge is -2.09. The van der Waals surface area contributed by atoms with Crippen LogP contribution in [0, 0.1) is 20.2 Å². The van der Waals surface area contributed by atoms with Crippen LogP contribution >= 0.6 is 0 Å². The van der Waals surface area contributed by atoms with Gasteiger partial charge in [-0.05, 0) is 59.3 Å². The van der Waals surface area contributed by atoms with Gasteiger partial charge in [-0.15, -0.1) is 0 Å². The lowest BCUT2D eigenvalue weighted by molar-refractivity contribution is -0.383. The van der Waals surface area contributed by atoms with Crippen LogP contribution in [0.15, 0.2) is 89.3 Å². The van der Waals surface area contributed by atoms with E-state index >= 15 is 0 Å². The first-order valence-corrected chi connectivity index (χ1v) is 9.62. The lowest BCUT2D eigenvalue weighted by Crippen LogP contribution is -1.90. The first-order valence-electron chi connectivity index (χ1n) is 9.62. The smallest absolute Gasteiger partial charge is 0.311 e. The van der Waals surface area contributed by atoms with Gasteiger partial charge in [0, 0.05) is 12.1 Å². The first-order chi connectivity index (χ1) is 15.5. The van der Waals surface area contributed by atoms with Crippen molar-refractivity contribution in [2.75, 3.05) is 0 Å². The molecule has 5 rings (SSSR count). The molecule has 0 saturated heterocycles. The molecule has 0 saturated carbocycles. The van der Waals surface area contributed by atoms with E-state index in [0.717, 1.165) is 0 Å². The molecule has 0 atom stereocenters. The van der Waals surface area contributed by atoms with E-state index in [4.69, 9.17) is 9.15 Å². The van der Waals surface area contributed by atoms with E-state index in [0.29, 0.717) is 33.0 Å². The Hall–Kier alpha value is -4.72. The van der Waals surface area contributed by atoms with Crippen molar-refractivity contribution in [2.45, 2.75) is 0 Å². The topological polar surface area (TPSA) is 109 Å². The van der Waals surface area contributed by atoms with Crippen molar-refractivity contribution in [1.82, 2.24) is 0 Å². The second-order valence-electron chi connectivity index (χ2n) is 7.08. The summed E-state index contributed by atoms with van der Waals surface area (Å²) < 4.78 is 12.0. The van der Waals surface area contributed by atoms with Crippen molar-refractivity contribution in [3.8, 4) is 11.5 Å². The maximum Gasteiger partial charge on any atom is 0.311 e. The molecule has 0 aliphatic heterocycles. The molecule has 0 N–H and O–H groups in total. The number of ether oxygens (including phenoxy) is 1. The SMILES string of the molecule is O=[N+]([O-])c1ccc2cc1oc1cccc(Oc3ccccc3)c1c1cc2ccc1[N+](=O)[O-]. The molecule has 0 fully saturated rings. The fraction of sp³-hybridized carbons (Fsp3) is 0. The van der Waals surface area contributed by atoms with Crippen LogP contribution in [0.25, 0.3) is 32.7 Å². The number of hydrogen-bond acceptors (Lipinski definition) is 6. The standard InChI is InChI=1S/C24H14N2O6/c27-25(28)19-11-9-15-13-18(19)24-21(31-17-5-2-1-3-6-17)7-4-8-22(24)32-23-14-16(15)10-12-20(23)26(29)30/h1-14H. The molecule has 0 aliphatic carbocycles. The van der Waals surface area contributed by atoms with Gasteiger partial charge < -0.3 is 9.15 Å². The number of non-ortho nitro benzene ring substituents is 2. The van der Waals surface area contributed by atoms with Gasteiger partial charge in [0.25, 0.3) is 5.69 Å². The number of nitrogens with zero attached hydrogens (tertiary/aromatic N) is 2. The Labute approximate surface area is 180 Å². The molecular weight excluding hydrogens is 412 g/mol. The van der Waals surface area contributed by atoms with Crippen LogP contribution in [0.4, 0.5) is 11.4 Å². The molecule has 4 aromatic carbocycles. The predicted molar refractivity (Wildman–Crippen MR) is 120 cm³/mol. The van der Waals surface area contributed by atoms with Crippen molar-refractivity contribution in [3.63, 3.8) is 0 Å². The number of para-hydroxylation sites is 1. The average Bonchev–Trinajstić information content (AvgIpc) is 2.82. The molecule has 1 aromatic heterocycles. The van der Waals surface area contributed by atoms with Crippen LogP contribution in [0.1, 0.15) is 0 Å². The summed E-state index contributed by atoms with van der Waals surface area (Å²) in [5, 5.41) is 25.3. The van der Waals surface area contributed by atoms with Gasteiger partial charge in [0.15, 0.2) is 0 Å². The lowest BCUT2D eigenvalue weighted by atomic mass is 10.1. The molecule has 0 unspecified atom stereocenters. The Morgan fingerprint density at radius 1 is 0.688 bits per heavy atom. The summed E-state index contributed by atoms with van der Waals surface area (Å²) in [5.41, 5.74) is -0.0950. The molecule has 8 heteroatoms. The zero-order valence-corrected chi connectivity index (χ0v) is 16.4. The summed E-state index contributed by atoms with van der Waals surface area (Å²) in [6, 6.07) is 23.1. The number of nitro benzene ring substituents is 2.